The van der Waals surface area contributed by atoms with Gasteiger partial charge in [0.15, 0.2) is 0 Å². The molecule has 21 heavy (non-hydrogen) atoms. The topological polar surface area (TPSA) is 81.4 Å². The maximum absolute atomic E-state index is 12.0. The van der Waals surface area contributed by atoms with E-state index < -0.39 is 10.0 Å². The highest BCUT2D eigenvalue weighted by Crippen LogP contribution is 2.23. The summed E-state index contributed by atoms with van der Waals surface area (Å²) < 4.78 is 32.4. The fraction of sp³-hybridized carbons (Fsp3) is 0.600. The van der Waals surface area contributed by atoms with Gasteiger partial charge in [0.1, 0.15) is 12.4 Å². The van der Waals surface area contributed by atoms with E-state index >= 15 is 0 Å². The van der Waals surface area contributed by atoms with E-state index in [0.29, 0.717) is 12.4 Å². The molecule has 0 aliphatic heterocycles. The molecule has 0 bridgehead atoms. The number of ether oxygens (including phenoxy) is 1. The van der Waals surface area contributed by atoms with Crippen LogP contribution in [0.1, 0.15) is 39.5 Å². The zero-order valence-corrected chi connectivity index (χ0v) is 13.4. The molecule has 1 aromatic carbocycles. The van der Waals surface area contributed by atoms with Crippen LogP contribution in [-0.2, 0) is 10.0 Å². The summed E-state index contributed by atoms with van der Waals surface area (Å²) >= 11 is 0. The lowest BCUT2D eigenvalue weighted by Crippen LogP contribution is -2.44. The van der Waals surface area contributed by atoms with E-state index in [0.717, 1.165) is 25.7 Å². The zero-order valence-electron chi connectivity index (χ0n) is 12.6. The van der Waals surface area contributed by atoms with Gasteiger partial charge in [-0.15, -0.1) is 0 Å². The van der Waals surface area contributed by atoms with Gasteiger partial charge in [0.25, 0.3) is 0 Å². The van der Waals surface area contributed by atoms with Gasteiger partial charge in [-0.1, -0.05) is 13.8 Å². The molecule has 118 valence electrons. The molecule has 0 unspecified atom stereocenters. The Morgan fingerprint density at radius 3 is 2.29 bits per heavy atom. The summed E-state index contributed by atoms with van der Waals surface area (Å²) in [5.41, 5.74) is 5.84. The Kier molecular flexibility index (Phi) is 4.91. The van der Waals surface area contributed by atoms with Crippen molar-refractivity contribution in [2.45, 2.75) is 56.0 Å². The van der Waals surface area contributed by atoms with Gasteiger partial charge in [-0.05, 0) is 49.9 Å². The lowest BCUT2D eigenvalue weighted by atomic mass is 9.96. The van der Waals surface area contributed by atoms with E-state index in [1.807, 2.05) is 13.8 Å². The molecule has 1 aliphatic rings. The molecule has 0 radical (unpaired) electrons. The van der Waals surface area contributed by atoms with Gasteiger partial charge in [0, 0.05) is 11.6 Å². The van der Waals surface area contributed by atoms with E-state index in [-0.39, 0.29) is 16.5 Å². The van der Waals surface area contributed by atoms with Crippen molar-refractivity contribution in [1.82, 2.24) is 4.72 Å². The Labute approximate surface area is 126 Å². The van der Waals surface area contributed by atoms with Crippen LogP contribution in [0.15, 0.2) is 29.2 Å². The minimum atomic E-state index is -3.40. The number of nitrogens with one attached hydrogen (secondary N) is 1. The number of benzene rings is 1. The standard InChI is InChI=1S/C15H24N2O3S/c1-3-15(16,4-2)11-20-13-7-9-14(10-8-13)21(18,19)17-12-5-6-12/h7-10,12,17H,3-6,11,16H2,1-2H3. The predicted octanol–water partition coefficient (Wildman–Crippen LogP) is 2.02. The summed E-state index contributed by atoms with van der Waals surface area (Å²) in [6.45, 7) is 4.49. The quantitative estimate of drug-likeness (QED) is 0.769. The Hall–Kier alpha value is -1.11. The molecule has 0 saturated heterocycles. The summed E-state index contributed by atoms with van der Waals surface area (Å²) in [6, 6.07) is 6.59. The third-order valence-electron chi connectivity index (χ3n) is 3.97. The average molecular weight is 312 g/mol. The maximum atomic E-state index is 12.0. The molecular formula is C15H24N2O3S. The van der Waals surface area contributed by atoms with Crippen LogP contribution >= 0.6 is 0 Å². The van der Waals surface area contributed by atoms with Crippen molar-refractivity contribution >= 4 is 10.0 Å². The fourth-order valence-electron chi connectivity index (χ4n) is 1.88. The second-order valence-corrected chi connectivity index (χ2v) is 7.44. The minimum absolute atomic E-state index is 0.109. The lowest BCUT2D eigenvalue weighted by Gasteiger charge is -2.26. The van der Waals surface area contributed by atoms with Gasteiger partial charge in [0.05, 0.1) is 4.90 Å². The van der Waals surface area contributed by atoms with Crippen LogP contribution in [0.3, 0.4) is 0 Å². The molecule has 1 aromatic rings. The first kappa shape index (κ1) is 16.3. The van der Waals surface area contributed by atoms with E-state index in [9.17, 15) is 8.42 Å². The van der Waals surface area contributed by atoms with Crippen LogP contribution in [0.5, 0.6) is 5.75 Å². The number of sulfonamides is 1. The van der Waals surface area contributed by atoms with Crippen LogP contribution < -0.4 is 15.2 Å². The Balaban J connectivity index is 1.98. The third-order valence-corrected chi connectivity index (χ3v) is 5.50. The molecule has 0 heterocycles. The zero-order chi connectivity index (χ0) is 15.5. The molecule has 5 nitrogen and oxygen atoms in total. The number of nitrogens with two attached hydrogens (primary N) is 1. The monoisotopic (exact) mass is 312 g/mol. The molecule has 1 saturated carbocycles. The Bertz CT molecular complexity index is 561. The van der Waals surface area contributed by atoms with Crippen LogP contribution in [0, 0.1) is 0 Å². The van der Waals surface area contributed by atoms with E-state index in [2.05, 4.69) is 4.72 Å². The molecule has 1 aliphatic carbocycles. The smallest absolute Gasteiger partial charge is 0.240 e. The van der Waals surface area contributed by atoms with Gasteiger partial charge >= 0.3 is 0 Å². The van der Waals surface area contributed by atoms with Crippen molar-refractivity contribution in [1.29, 1.82) is 0 Å². The molecule has 0 atom stereocenters. The van der Waals surface area contributed by atoms with Crippen LogP contribution in [0.2, 0.25) is 0 Å². The molecule has 2 rings (SSSR count). The molecule has 0 amide bonds. The molecule has 0 spiro atoms. The van der Waals surface area contributed by atoms with Crippen molar-refractivity contribution in [3.63, 3.8) is 0 Å². The highest BCUT2D eigenvalue weighted by molar-refractivity contribution is 7.89. The van der Waals surface area contributed by atoms with Crippen molar-refractivity contribution in [2.75, 3.05) is 6.61 Å². The number of rotatable bonds is 8. The SMILES string of the molecule is CCC(N)(CC)COc1ccc(S(=O)(=O)NC2CC2)cc1. The van der Waals surface area contributed by atoms with E-state index in [1.165, 1.54) is 0 Å². The maximum Gasteiger partial charge on any atom is 0.240 e. The summed E-state index contributed by atoms with van der Waals surface area (Å²) in [7, 11) is -3.40. The second kappa shape index (κ2) is 6.34. The molecule has 3 N–H and O–H groups in total. The van der Waals surface area contributed by atoms with Gasteiger partial charge < -0.3 is 10.5 Å². The molecule has 1 fully saturated rings. The van der Waals surface area contributed by atoms with Gasteiger partial charge in [-0.2, -0.15) is 0 Å². The normalized spacial score (nSPS) is 16.0. The minimum Gasteiger partial charge on any atom is -0.492 e. The Morgan fingerprint density at radius 2 is 1.81 bits per heavy atom. The van der Waals surface area contributed by atoms with Gasteiger partial charge in [-0.25, -0.2) is 13.1 Å². The van der Waals surface area contributed by atoms with Crippen molar-refractivity contribution < 1.29 is 13.2 Å². The van der Waals surface area contributed by atoms with Crippen LogP contribution in [-0.4, -0.2) is 26.6 Å². The Morgan fingerprint density at radius 1 is 1.24 bits per heavy atom. The first-order chi connectivity index (χ1) is 9.88. The highest BCUT2D eigenvalue weighted by atomic mass is 32.2. The average Bonchev–Trinajstić information content (AvgIpc) is 3.28. The van der Waals surface area contributed by atoms with Gasteiger partial charge in [0.2, 0.25) is 10.0 Å². The predicted molar refractivity (Wildman–Crippen MR) is 82.8 cm³/mol. The van der Waals surface area contributed by atoms with Crippen molar-refractivity contribution in [3.8, 4) is 5.75 Å². The van der Waals surface area contributed by atoms with Crippen LogP contribution in [0.25, 0.3) is 0 Å². The third kappa shape index (κ3) is 4.43. The first-order valence-electron chi connectivity index (χ1n) is 7.42. The number of hydrogen-bond acceptors (Lipinski definition) is 4. The molecule has 0 aromatic heterocycles. The van der Waals surface area contributed by atoms with Crippen LogP contribution in [0.4, 0.5) is 0 Å². The highest BCUT2D eigenvalue weighted by Gasteiger charge is 2.28. The largest absolute Gasteiger partial charge is 0.492 e. The summed E-state index contributed by atoms with van der Waals surface area (Å²) in [5.74, 6) is 0.636. The summed E-state index contributed by atoms with van der Waals surface area (Å²) in [6.07, 6.45) is 3.52. The van der Waals surface area contributed by atoms with Gasteiger partial charge in [-0.3, -0.25) is 0 Å². The first-order valence-corrected chi connectivity index (χ1v) is 8.91. The molecular weight excluding hydrogens is 288 g/mol. The van der Waals surface area contributed by atoms with E-state index in [4.69, 9.17) is 10.5 Å². The fourth-order valence-corrected chi connectivity index (χ4v) is 3.19. The summed E-state index contributed by atoms with van der Waals surface area (Å²) in [4.78, 5) is 0.270. The second-order valence-electron chi connectivity index (χ2n) is 5.73. The van der Waals surface area contributed by atoms with E-state index in [1.54, 1.807) is 24.3 Å². The van der Waals surface area contributed by atoms with Crippen molar-refractivity contribution in [3.05, 3.63) is 24.3 Å². The van der Waals surface area contributed by atoms with Crippen molar-refractivity contribution in [2.24, 2.45) is 5.73 Å². The summed E-state index contributed by atoms with van der Waals surface area (Å²) in [5, 5.41) is 0. The molecule has 6 heteroatoms. The lowest BCUT2D eigenvalue weighted by molar-refractivity contribution is 0.207. The number of hydrogen-bond donors (Lipinski definition) is 2.